The Morgan fingerprint density at radius 1 is 1.29 bits per heavy atom. The number of hydrogen-bond donors (Lipinski definition) is 1. The molecule has 0 bridgehead atoms. The lowest BCUT2D eigenvalue weighted by Crippen LogP contribution is -2.48. The summed E-state index contributed by atoms with van der Waals surface area (Å²) in [6.07, 6.45) is 2.83. The molecule has 2 N–H and O–H groups in total. The molecule has 0 radical (unpaired) electrons. The summed E-state index contributed by atoms with van der Waals surface area (Å²) in [7, 11) is 0. The molecular weight excluding hydrogens is 262 g/mol. The number of nitrogens with two attached hydrogens (primary N) is 1. The van der Waals surface area contributed by atoms with E-state index in [1.165, 1.54) is 11.1 Å². The Bertz CT molecular complexity index is 433. The second-order valence-electron chi connectivity index (χ2n) is 6.43. The minimum atomic E-state index is -0.274. The first-order chi connectivity index (χ1) is 10.1. The van der Waals surface area contributed by atoms with Crippen molar-refractivity contribution in [1.29, 1.82) is 0 Å². The Kier molecular flexibility index (Phi) is 5.80. The van der Waals surface area contributed by atoms with Crippen LogP contribution in [0.4, 0.5) is 0 Å². The zero-order chi connectivity index (χ0) is 15.3. The Hall–Kier alpha value is -0.900. The fraction of sp³-hybridized carbons (Fsp3) is 0.667. The van der Waals surface area contributed by atoms with Crippen LogP contribution in [0.2, 0.25) is 0 Å². The van der Waals surface area contributed by atoms with Gasteiger partial charge in [-0.3, -0.25) is 0 Å². The molecule has 1 atom stereocenters. The first-order valence-electron chi connectivity index (χ1n) is 8.13. The lowest BCUT2D eigenvalue weighted by molar-refractivity contribution is -0.121. The van der Waals surface area contributed by atoms with Gasteiger partial charge in [0.15, 0.2) is 0 Å². The van der Waals surface area contributed by atoms with Crippen LogP contribution < -0.4 is 5.73 Å². The van der Waals surface area contributed by atoms with E-state index < -0.39 is 0 Å². The van der Waals surface area contributed by atoms with Crippen LogP contribution in [0.3, 0.4) is 0 Å². The van der Waals surface area contributed by atoms with Gasteiger partial charge in [-0.1, -0.05) is 38.1 Å². The second-order valence-corrected chi connectivity index (χ2v) is 6.43. The molecule has 1 aliphatic heterocycles. The smallest absolute Gasteiger partial charge is 0.0917 e. The predicted octanol–water partition coefficient (Wildman–Crippen LogP) is 3.47. The lowest BCUT2D eigenvalue weighted by atomic mass is 9.82. The average molecular weight is 291 g/mol. The van der Waals surface area contributed by atoms with Crippen molar-refractivity contribution in [2.45, 2.75) is 51.7 Å². The highest BCUT2D eigenvalue weighted by Crippen LogP contribution is 2.36. The zero-order valence-electron chi connectivity index (χ0n) is 13.6. The van der Waals surface area contributed by atoms with Crippen LogP contribution in [0.5, 0.6) is 0 Å². The van der Waals surface area contributed by atoms with E-state index >= 15 is 0 Å². The van der Waals surface area contributed by atoms with Crippen molar-refractivity contribution in [2.75, 3.05) is 19.8 Å². The molecule has 118 valence electrons. The van der Waals surface area contributed by atoms with Crippen LogP contribution in [0.25, 0.3) is 0 Å². The van der Waals surface area contributed by atoms with Crippen LogP contribution in [0.1, 0.15) is 50.8 Å². The van der Waals surface area contributed by atoms with E-state index in [0.717, 1.165) is 32.5 Å². The third kappa shape index (κ3) is 4.06. The van der Waals surface area contributed by atoms with Crippen molar-refractivity contribution in [3.63, 3.8) is 0 Å². The molecule has 1 saturated heterocycles. The number of benzene rings is 1. The molecule has 1 aromatic carbocycles. The summed E-state index contributed by atoms with van der Waals surface area (Å²) >= 11 is 0. The van der Waals surface area contributed by atoms with E-state index in [2.05, 4.69) is 38.1 Å². The molecule has 1 fully saturated rings. The largest absolute Gasteiger partial charge is 0.381 e. The average Bonchev–Trinajstić information content (AvgIpc) is 2.47. The van der Waals surface area contributed by atoms with Crippen molar-refractivity contribution in [1.82, 2.24) is 0 Å². The summed E-state index contributed by atoms with van der Waals surface area (Å²) in [5.74, 6) is 0.653. The van der Waals surface area contributed by atoms with E-state index in [4.69, 9.17) is 15.2 Å². The van der Waals surface area contributed by atoms with Gasteiger partial charge in [0.1, 0.15) is 0 Å². The van der Waals surface area contributed by atoms with Crippen LogP contribution in [0, 0.1) is 5.92 Å². The molecule has 2 rings (SSSR count). The monoisotopic (exact) mass is 291 g/mol. The van der Waals surface area contributed by atoms with Gasteiger partial charge in [0.05, 0.1) is 11.6 Å². The molecule has 3 nitrogen and oxygen atoms in total. The van der Waals surface area contributed by atoms with Crippen molar-refractivity contribution in [3.05, 3.63) is 35.4 Å². The van der Waals surface area contributed by atoms with Crippen molar-refractivity contribution in [3.8, 4) is 0 Å². The van der Waals surface area contributed by atoms with Crippen molar-refractivity contribution < 1.29 is 9.47 Å². The fourth-order valence-corrected chi connectivity index (χ4v) is 3.24. The summed E-state index contributed by atoms with van der Waals surface area (Å²) in [6, 6.07) is 8.60. The highest BCUT2D eigenvalue weighted by molar-refractivity contribution is 5.28. The zero-order valence-corrected chi connectivity index (χ0v) is 13.6. The normalized spacial score (nSPS) is 19.7. The number of hydrogen-bond acceptors (Lipinski definition) is 3. The maximum absolute atomic E-state index is 6.61. The summed E-state index contributed by atoms with van der Waals surface area (Å²) in [5, 5.41) is 0. The molecular formula is C18H29NO2. The first-order valence-corrected chi connectivity index (χ1v) is 8.13. The standard InChI is InChI=1S/C18H29NO2/c1-4-21-18(8-10-20-11-9-18)17(19)16-7-5-6-15(13-16)12-14(2)3/h5-7,13-14,17H,4,8-12,19H2,1-3H3. The molecule has 0 aromatic heterocycles. The third-order valence-corrected chi connectivity index (χ3v) is 4.29. The van der Waals surface area contributed by atoms with Gasteiger partial charge < -0.3 is 15.2 Å². The Labute approximate surface area is 128 Å². The molecule has 0 spiro atoms. The van der Waals surface area contributed by atoms with Gasteiger partial charge in [0, 0.05) is 32.7 Å². The molecule has 1 unspecified atom stereocenters. The molecule has 0 saturated carbocycles. The lowest BCUT2D eigenvalue weighted by Gasteiger charge is -2.41. The van der Waals surface area contributed by atoms with Gasteiger partial charge in [-0.25, -0.2) is 0 Å². The third-order valence-electron chi connectivity index (χ3n) is 4.29. The highest BCUT2D eigenvalue weighted by Gasteiger charge is 2.40. The van der Waals surface area contributed by atoms with Crippen LogP contribution >= 0.6 is 0 Å². The van der Waals surface area contributed by atoms with Gasteiger partial charge in [0.2, 0.25) is 0 Å². The van der Waals surface area contributed by atoms with E-state index in [-0.39, 0.29) is 11.6 Å². The van der Waals surface area contributed by atoms with Crippen molar-refractivity contribution >= 4 is 0 Å². The SMILES string of the molecule is CCOC1(C(N)c2cccc(CC(C)C)c2)CCOCC1. The maximum Gasteiger partial charge on any atom is 0.0917 e. The van der Waals surface area contributed by atoms with Gasteiger partial charge >= 0.3 is 0 Å². The number of rotatable bonds is 6. The molecule has 1 aromatic rings. The first kappa shape index (κ1) is 16.5. The van der Waals surface area contributed by atoms with Crippen molar-refractivity contribution in [2.24, 2.45) is 11.7 Å². The summed E-state index contributed by atoms with van der Waals surface area (Å²) < 4.78 is 11.6. The Morgan fingerprint density at radius 2 is 2.00 bits per heavy atom. The molecule has 0 amide bonds. The van der Waals surface area contributed by atoms with Gasteiger partial charge in [0.25, 0.3) is 0 Å². The van der Waals surface area contributed by atoms with Gasteiger partial charge in [-0.05, 0) is 30.4 Å². The maximum atomic E-state index is 6.61. The van der Waals surface area contributed by atoms with Gasteiger partial charge in [-0.2, -0.15) is 0 Å². The van der Waals surface area contributed by atoms with E-state index in [1.807, 2.05) is 6.92 Å². The van der Waals surface area contributed by atoms with E-state index in [1.54, 1.807) is 0 Å². The Morgan fingerprint density at radius 3 is 2.62 bits per heavy atom. The highest BCUT2D eigenvalue weighted by atomic mass is 16.5. The molecule has 3 heteroatoms. The summed E-state index contributed by atoms with van der Waals surface area (Å²) in [6.45, 7) is 8.69. The quantitative estimate of drug-likeness (QED) is 0.873. The summed E-state index contributed by atoms with van der Waals surface area (Å²) in [5.41, 5.74) is 8.88. The van der Waals surface area contributed by atoms with E-state index in [9.17, 15) is 0 Å². The molecule has 1 aliphatic rings. The number of ether oxygens (including phenoxy) is 2. The van der Waals surface area contributed by atoms with Gasteiger partial charge in [-0.15, -0.1) is 0 Å². The molecule has 1 heterocycles. The van der Waals surface area contributed by atoms with Crippen LogP contribution in [-0.4, -0.2) is 25.4 Å². The molecule has 21 heavy (non-hydrogen) atoms. The van der Waals surface area contributed by atoms with Crippen LogP contribution in [-0.2, 0) is 15.9 Å². The minimum absolute atomic E-state index is 0.0894. The fourth-order valence-electron chi connectivity index (χ4n) is 3.24. The summed E-state index contributed by atoms with van der Waals surface area (Å²) in [4.78, 5) is 0. The minimum Gasteiger partial charge on any atom is -0.381 e. The second kappa shape index (κ2) is 7.39. The Balaban J connectivity index is 2.21. The predicted molar refractivity (Wildman–Crippen MR) is 86.3 cm³/mol. The topological polar surface area (TPSA) is 44.5 Å². The van der Waals surface area contributed by atoms with E-state index in [0.29, 0.717) is 12.5 Å². The molecule has 0 aliphatic carbocycles. The van der Waals surface area contributed by atoms with Crippen LogP contribution in [0.15, 0.2) is 24.3 Å².